The number of amides is 3. The maximum Gasteiger partial charge on any atom is 0.294 e. The van der Waals surface area contributed by atoms with Crippen molar-refractivity contribution in [3.8, 4) is 5.69 Å². The molecular formula is C22H22BrN3O4S. The van der Waals surface area contributed by atoms with Crippen LogP contribution in [0, 0.1) is 13.8 Å². The molecule has 0 radical (unpaired) electrons. The Morgan fingerprint density at radius 1 is 1.19 bits per heavy atom. The van der Waals surface area contributed by atoms with E-state index < -0.39 is 11.1 Å². The second-order valence-electron chi connectivity index (χ2n) is 7.40. The molecule has 31 heavy (non-hydrogen) atoms. The van der Waals surface area contributed by atoms with Gasteiger partial charge in [-0.05, 0) is 61.5 Å². The van der Waals surface area contributed by atoms with Crippen molar-refractivity contribution in [1.29, 1.82) is 0 Å². The molecule has 2 aliphatic rings. The highest BCUT2D eigenvalue weighted by Crippen LogP contribution is 2.34. The molecule has 2 saturated heterocycles. The molecule has 2 aliphatic heterocycles. The number of benzene rings is 1. The van der Waals surface area contributed by atoms with Gasteiger partial charge in [0.25, 0.3) is 11.1 Å². The molecule has 0 atom stereocenters. The summed E-state index contributed by atoms with van der Waals surface area (Å²) in [6.45, 7) is 5.64. The molecule has 7 nitrogen and oxygen atoms in total. The van der Waals surface area contributed by atoms with Crippen LogP contribution in [0.4, 0.5) is 4.79 Å². The van der Waals surface area contributed by atoms with E-state index in [9.17, 15) is 14.4 Å². The summed E-state index contributed by atoms with van der Waals surface area (Å²) in [5, 5.41) is -0.418. The van der Waals surface area contributed by atoms with Gasteiger partial charge in [-0.15, -0.1) is 0 Å². The fourth-order valence-electron chi connectivity index (χ4n) is 3.77. The molecular weight excluding hydrogens is 482 g/mol. The third-order valence-corrected chi connectivity index (χ3v) is 6.75. The van der Waals surface area contributed by atoms with E-state index in [1.54, 1.807) is 11.0 Å². The summed E-state index contributed by atoms with van der Waals surface area (Å²) in [7, 11) is 0. The smallest absolute Gasteiger partial charge is 0.294 e. The summed E-state index contributed by atoms with van der Waals surface area (Å²) in [6, 6.07) is 9.96. The van der Waals surface area contributed by atoms with Crippen LogP contribution in [0.1, 0.15) is 17.0 Å². The van der Waals surface area contributed by atoms with Crippen LogP contribution in [0.3, 0.4) is 0 Å². The van der Waals surface area contributed by atoms with E-state index >= 15 is 0 Å². The summed E-state index contributed by atoms with van der Waals surface area (Å²) in [5.41, 5.74) is 3.85. The van der Waals surface area contributed by atoms with Crippen molar-refractivity contribution >= 4 is 50.8 Å². The van der Waals surface area contributed by atoms with E-state index in [0.29, 0.717) is 31.2 Å². The normalized spacial score (nSPS) is 18.4. The van der Waals surface area contributed by atoms with Crippen molar-refractivity contribution in [3.05, 3.63) is 56.7 Å². The van der Waals surface area contributed by atoms with Gasteiger partial charge in [0.15, 0.2) is 0 Å². The number of nitrogens with zero attached hydrogens (tertiary/aromatic N) is 3. The molecule has 0 spiro atoms. The molecule has 1 aromatic carbocycles. The first kappa shape index (κ1) is 21.9. The zero-order chi connectivity index (χ0) is 22.1. The maximum atomic E-state index is 12.9. The topological polar surface area (TPSA) is 71.9 Å². The van der Waals surface area contributed by atoms with Gasteiger partial charge in [0.05, 0.1) is 18.1 Å². The molecule has 0 bridgehead atoms. The molecule has 0 N–H and O–H groups in total. The average Bonchev–Trinajstić information content (AvgIpc) is 3.18. The summed E-state index contributed by atoms with van der Waals surface area (Å²) < 4.78 is 8.32. The number of morpholine rings is 1. The SMILES string of the molecule is Cc1cc(/C=C2/SC(=O)N(CC(=O)N3CCOCC3)C2=O)c(C)n1-c1cccc(Br)c1. The average molecular weight is 504 g/mol. The molecule has 3 heterocycles. The highest BCUT2D eigenvalue weighted by atomic mass is 79.9. The number of halogens is 1. The number of aryl methyl sites for hydroxylation is 1. The summed E-state index contributed by atoms with van der Waals surface area (Å²) >= 11 is 4.38. The first-order valence-electron chi connectivity index (χ1n) is 9.91. The fraction of sp³-hybridized carbons (Fsp3) is 0.318. The van der Waals surface area contributed by atoms with Crippen molar-refractivity contribution in [3.63, 3.8) is 0 Å². The number of rotatable bonds is 4. The van der Waals surface area contributed by atoms with Crippen LogP contribution < -0.4 is 0 Å². The van der Waals surface area contributed by atoms with Crippen LogP contribution in [0.5, 0.6) is 0 Å². The molecule has 0 unspecified atom stereocenters. The van der Waals surface area contributed by atoms with Gasteiger partial charge in [-0.2, -0.15) is 0 Å². The van der Waals surface area contributed by atoms with E-state index in [-0.39, 0.29) is 12.5 Å². The largest absolute Gasteiger partial charge is 0.378 e. The number of carbonyl (C=O) groups excluding carboxylic acids is 3. The Morgan fingerprint density at radius 2 is 1.94 bits per heavy atom. The van der Waals surface area contributed by atoms with Gasteiger partial charge in [0.1, 0.15) is 6.54 Å². The zero-order valence-corrected chi connectivity index (χ0v) is 19.7. The second-order valence-corrected chi connectivity index (χ2v) is 9.31. The van der Waals surface area contributed by atoms with Crippen LogP contribution in [0.2, 0.25) is 0 Å². The molecule has 4 rings (SSSR count). The minimum atomic E-state index is -0.427. The van der Waals surface area contributed by atoms with Crippen LogP contribution in [0.15, 0.2) is 39.7 Å². The van der Waals surface area contributed by atoms with Gasteiger partial charge in [0.2, 0.25) is 5.91 Å². The lowest BCUT2D eigenvalue weighted by molar-refractivity contribution is -0.139. The third kappa shape index (κ3) is 4.49. The van der Waals surface area contributed by atoms with Crippen LogP contribution >= 0.6 is 27.7 Å². The summed E-state index contributed by atoms with van der Waals surface area (Å²) in [6.07, 6.45) is 1.74. The quantitative estimate of drug-likeness (QED) is 0.594. The number of hydrogen-bond donors (Lipinski definition) is 0. The maximum absolute atomic E-state index is 12.9. The minimum absolute atomic E-state index is 0.236. The van der Waals surface area contributed by atoms with Crippen molar-refractivity contribution in [2.24, 2.45) is 0 Å². The second kappa shape index (κ2) is 9.02. The Bertz CT molecular complexity index is 1090. The van der Waals surface area contributed by atoms with E-state index in [0.717, 1.165) is 43.8 Å². The fourth-order valence-corrected chi connectivity index (χ4v) is 4.99. The first-order chi connectivity index (χ1) is 14.8. The Labute approximate surface area is 193 Å². The number of hydrogen-bond acceptors (Lipinski definition) is 5. The molecule has 2 aromatic rings. The highest BCUT2D eigenvalue weighted by Gasteiger charge is 2.37. The van der Waals surface area contributed by atoms with Gasteiger partial charge in [-0.25, -0.2) is 0 Å². The third-order valence-electron chi connectivity index (χ3n) is 5.35. The Morgan fingerprint density at radius 3 is 2.65 bits per heavy atom. The summed E-state index contributed by atoms with van der Waals surface area (Å²) in [4.78, 5) is 40.8. The molecule has 9 heteroatoms. The van der Waals surface area contributed by atoms with Crippen LogP contribution in [-0.4, -0.2) is 64.3 Å². The van der Waals surface area contributed by atoms with Crippen molar-refractivity contribution in [2.75, 3.05) is 32.8 Å². The number of aromatic nitrogens is 1. The van der Waals surface area contributed by atoms with E-state index in [2.05, 4.69) is 20.5 Å². The monoisotopic (exact) mass is 503 g/mol. The zero-order valence-electron chi connectivity index (χ0n) is 17.3. The van der Waals surface area contributed by atoms with Gasteiger partial charge < -0.3 is 14.2 Å². The molecule has 3 amide bonds. The van der Waals surface area contributed by atoms with Gasteiger partial charge >= 0.3 is 0 Å². The Balaban J connectivity index is 1.56. The lowest BCUT2D eigenvalue weighted by Gasteiger charge is -2.28. The Kier molecular flexibility index (Phi) is 6.36. The predicted octanol–water partition coefficient (Wildman–Crippen LogP) is 3.75. The van der Waals surface area contributed by atoms with Crippen LogP contribution in [0.25, 0.3) is 11.8 Å². The molecule has 2 fully saturated rings. The number of ether oxygens (including phenoxy) is 1. The van der Waals surface area contributed by atoms with Crippen LogP contribution in [-0.2, 0) is 14.3 Å². The standard InChI is InChI=1S/C22H22BrN3O4S/c1-14-10-16(15(2)26(14)18-5-3-4-17(23)12-18)11-19-21(28)25(22(29)31-19)13-20(27)24-6-8-30-9-7-24/h3-5,10-12H,6-9,13H2,1-2H3/b19-11+. The van der Waals surface area contributed by atoms with Crippen molar-refractivity contribution < 1.29 is 19.1 Å². The first-order valence-corrected chi connectivity index (χ1v) is 11.5. The van der Waals surface area contributed by atoms with E-state index in [4.69, 9.17) is 4.74 Å². The highest BCUT2D eigenvalue weighted by molar-refractivity contribution is 9.10. The lowest BCUT2D eigenvalue weighted by atomic mass is 10.2. The van der Waals surface area contributed by atoms with Crippen molar-refractivity contribution in [2.45, 2.75) is 13.8 Å². The summed E-state index contributed by atoms with van der Waals surface area (Å²) in [5.74, 6) is -0.663. The predicted molar refractivity (Wildman–Crippen MR) is 123 cm³/mol. The lowest BCUT2D eigenvalue weighted by Crippen LogP contribution is -2.46. The van der Waals surface area contributed by atoms with E-state index in [1.807, 2.05) is 44.2 Å². The molecule has 0 saturated carbocycles. The van der Waals surface area contributed by atoms with Gasteiger partial charge in [0, 0.05) is 34.6 Å². The molecule has 162 valence electrons. The number of thioether (sulfide) groups is 1. The van der Waals surface area contributed by atoms with Crippen molar-refractivity contribution in [1.82, 2.24) is 14.4 Å². The van der Waals surface area contributed by atoms with Gasteiger partial charge in [-0.1, -0.05) is 22.0 Å². The molecule has 1 aromatic heterocycles. The molecule has 0 aliphatic carbocycles. The minimum Gasteiger partial charge on any atom is -0.378 e. The van der Waals surface area contributed by atoms with E-state index in [1.165, 1.54) is 0 Å². The number of carbonyl (C=O) groups is 3. The van der Waals surface area contributed by atoms with Gasteiger partial charge in [-0.3, -0.25) is 19.3 Å². The number of imide groups is 1. The Hall–Kier alpha value is -2.36.